The summed E-state index contributed by atoms with van der Waals surface area (Å²) in [4.78, 5) is 11.7. The summed E-state index contributed by atoms with van der Waals surface area (Å²) in [6.07, 6.45) is 4.79. The molecule has 4 aliphatic carbocycles. The molecule has 0 aliphatic heterocycles. The molecule has 0 heterocycles. The summed E-state index contributed by atoms with van der Waals surface area (Å²) in [6.45, 7) is 4.08. The Morgan fingerprint density at radius 2 is 1.83 bits per heavy atom. The van der Waals surface area contributed by atoms with E-state index in [0.717, 1.165) is 18.8 Å². The molecule has 0 saturated heterocycles. The first-order valence-corrected chi connectivity index (χ1v) is 4.98. The first-order chi connectivity index (χ1) is 5.75. The Bertz CT molecular complexity index is 242. The summed E-state index contributed by atoms with van der Waals surface area (Å²) in [5, 5.41) is 0. The number of ketones is 1. The van der Waals surface area contributed by atoms with Gasteiger partial charge in [0, 0.05) is 11.8 Å². The minimum atomic E-state index is 0.279. The zero-order valence-corrected chi connectivity index (χ0v) is 7.25. The summed E-state index contributed by atoms with van der Waals surface area (Å²) in [7, 11) is 0. The molecule has 4 fully saturated rings. The van der Waals surface area contributed by atoms with Crippen molar-refractivity contribution in [2.75, 3.05) is 0 Å². The molecule has 64 valence electrons. The van der Waals surface area contributed by atoms with Crippen LogP contribution in [0.15, 0.2) is 12.2 Å². The van der Waals surface area contributed by atoms with E-state index in [4.69, 9.17) is 0 Å². The maximum atomic E-state index is 11.7. The Hall–Kier alpha value is -0.590. The molecule has 4 bridgehead atoms. The Kier molecular flexibility index (Phi) is 1.15. The van der Waals surface area contributed by atoms with Gasteiger partial charge in [-0.3, -0.25) is 4.79 Å². The first-order valence-electron chi connectivity index (χ1n) is 4.98. The standard InChI is InChI=1S/C11H14O/c1-6-8-2-7-3-9(5-8)11(12)10(6)4-7/h7-10H,1-5H2/t7-,8+,9-,10+/m0/s1. The average Bonchev–Trinajstić information content (AvgIpc) is 2.07. The summed E-state index contributed by atoms with van der Waals surface area (Å²) in [5.41, 5.74) is 1.27. The number of carbonyl (C=O) groups is 1. The minimum Gasteiger partial charge on any atom is -0.299 e. The van der Waals surface area contributed by atoms with E-state index in [1.165, 1.54) is 18.4 Å². The molecule has 4 atom stereocenters. The van der Waals surface area contributed by atoms with E-state index in [-0.39, 0.29) is 5.92 Å². The average molecular weight is 162 g/mol. The van der Waals surface area contributed by atoms with Gasteiger partial charge in [-0.15, -0.1) is 0 Å². The largest absolute Gasteiger partial charge is 0.299 e. The quantitative estimate of drug-likeness (QED) is 0.499. The third-order valence-corrected chi connectivity index (χ3v) is 4.09. The third kappa shape index (κ3) is 0.675. The molecule has 4 rings (SSSR count). The van der Waals surface area contributed by atoms with Gasteiger partial charge in [-0.1, -0.05) is 12.2 Å². The normalized spacial score (nSPS) is 50.3. The van der Waals surface area contributed by atoms with Gasteiger partial charge in [0.2, 0.25) is 0 Å². The van der Waals surface area contributed by atoms with E-state index in [1.807, 2.05) is 0 Å². The SMILES string of the molecule is C=C1[C@@H]2C[C@H]3C[C@@H](C2)C(=O)[C@@H]1C3. The van der Waals surface area contributed by atoms with Crippen molar-refractivity contribution >= 4 is 5.78 Å². The van der Waals surface area contributed by atoms with Gasteiger partial charge in [-0.2, -0.15) is 0 Å². The molecule has 1 heteroatoms. The zero-order valence-electron chi connectivity index (χ0n) is 7.25. The summed E-state index contributed by atoms with van der Waals surface area (Å²) < 4.78 is 0. The van der Waals surface area contributed by atoms with Crippen LogP contribution >= 0.6 is 0 Å². The molecule has 12 heavy (non-hydrogen) atoms. The van der Waals surface area contributed by atoms with E-state index in [1.54, 1.807) is 0 Å². The number of Topliss-reactive ketones (excluding diaryl/α,β-unsaturated/α-hetero) is 1. The van der Waals surface area contributed by atoms with Crippen LogP contribution in [0.25, 0.3) is 0 Å². The summed E-state index contributed by atoms with van der Waals surface area (Å²) >= 11 is 0. The van der Waals surface area contributed by atoms with Gasteiger partial charge in [0.1, 0.15) is 5.78 Å². The van der Waals surface area contributed by atoms with E-state index in [0.29, 0.717) is 17.6 Å². The number of hydrogen-bond donors (Lipinski definition) is 0. The van der Waals surface area contributed by atoms with Crippen LogP contribution in [-0.2, 0) is 4.79 Å². The second kappa shape index (κ2) is 2.01. The van der Waals surface area contributed by atoms with Crippen LogP contribution < -0.4 is 0 Å². The molecule has 0 amide bonds. The van der Waals surface area contributed by atoms with Gasteiger partial charge in [0.25, 0.3) is 0 Å². The van der Waals surface area contributed by atoms with Crippen LogP contribution in [-0.4, -0.2) is 5.78 Å². The number of carbonyl (C=O) groups excluding carboxylic acids is 1. The predicted octanol–water partition coefficient (Wildman–Crippen LogP) is 2.18. The number of hydrogen-bond acceptors (Lipinski definition) is 1. The van der Waals surface area contributed by atoms with Crippen molar-refractivity contribution in [3.63, 3.8) is 0 Å². The maximum Gasteiger partial charge on any atom is 0.143 e. The zero-order chi connectivity index (χ0) is 8.29. The second-order valence-electron chi connectivity index (χ2n) is 4.73. The highest BCUT2D eigenvalue weighted by Gasteiger charge is 2.49. The Labute approximate surface area is 72.8 Å². The maximum absolute atomic E-state index is 11.7. The lowest BCUT2D eigenvalue weighted by Gasteiger charge is -2.49. The van der Waals surface area contributed by atoms with Gasteiger partial charge >= 0.3 is 0 Å². The van der Waals surface area contributed by atoms with E-state index in [2.05, 4.69) is 6.58 Å². The van der Waals surface area contributed by atoms with Crippen molar-refractivity contribution < 1.29 is 4.79 Å². The molecule has 0 radical (unpaired) electrons. The third-order valence-electron chi connectivity index (χ3n) is 4.09. The van der Waals surface area contributed by atoms with Gasteiger partial charge in [-0.05, 0) is 37.5 Å². The van der Waals surface area contributed by atoms with Gasteiger partial charge in [-0.25, -0.2) is 0 Å². The smallest absolute Gasteiger partial charge is 0.143 e. The van der Waals surface area contributed by atoms with Crippen LogP contribution in [0.4, 0.5) is 0 Å². The fourth-order valence-corrected chi connectivity index (χ4v) is 3.52. The molecule has 1 nitrogen and oxygen atoms in total. The Morgan fingerprint density at radius 3 is 2.67 bits per heavy atom. The highest BCUT2D eigenvalue weighted by atomic mass is 16.1. The van der Waals surface area contributed by atoms with Crippen LogP contribution in [0, 0.1) is 23.7 Å². The topological polar surface area (TPSA) is 17.1 Å². The Balaban J connectivity index is 2.03. The molecule has 0 N–H and O–H groups in total. The van der Waals surface area contributed by atoms with Crippen LogP contribution in [0.2, 0.25) is 0 Å². The summed E-state index contributed by atoms with van der Waals surface area (Å²) in [5.74, 6) is 2.80. The molecule has 0 spiro atoms. The van der Waals surface area contributed by atoms with Crippen LogP contribution in [0.3, 0.4) is 0 Å². The van der Waals surface area contributed by atoms with Crippen LogP contribution in [0.1, 0.15) is 25.7 Å². The fraction of sp³-hybridized carbons (Fsp3) is 0.727. The second-order valence-corrected chi connectivity index (χ2v) is 4.73. The molecule has 0 unspecified atom stereocenters. The van der Waals surface area contributed by atoms with Crippen molar-refractivity contribution in [2.24, 2.45) is 23.7 Å². The molecule has 0 aromatic heterocycles. The van der Waals surface area contributed by atoms with E-state index in [9.17, 15) is 4.79 Å². The first kappa shape index (κ1) is 6.88. The van der Waals surface area contributed by atoms with Crippen molar-refractivity contribution in [3.05, 3.63) is 12.2 Å². The van der Waals surface area contributed by atoms with Crippen molar-refractivity contribution in [3.8, 4) is 0 Å². The highest BCUT2D eigenvalue weighted by Crippen LogP contribution is 2.53. The predicted molar refractivity (Wildman–Crippen MR) is 46.6 cm³/mol. The lowest BCUT2D eigenvalue weighted by molar-refractivity contribution is -0.135. The molecule has 4 saturated carbocycles. The van der Waals surface area contributed by atoms with Gasteiger partial charge in [0.15, 0.2) is 0 Å². The number of rotatable bonds is 0. The monoisotopic (exact) mass is 162 g/mol. The van der Waals surface area contributed by atoms with Crippen molar-refractivity contribution in [1.29, 1.82) is 0 Å². The van der Waals surface area contributed by atoms with E-state index >= 15 is 0 Å². The van der Waals surface area contributed by atoms with E-state index < -0.39 is 0 Å². The van der Waals surface area contributed by atoms with Crippen LogP contribution in [0.5, 0.6) is 0 Å². The highest BCUT2D eigenvalue weighted by molar-refractivity contribution is 5.88. The van der Waals surface area contributed by atoms with Crippen molar-refractivity contribution in [1.82, 2.24) is 0 Å². The minimum absolute atomic E-state index is 0.279. The number of allylic oxidation sites excluding steroid dienone is 1. The van der Waals surface area contributed by atoms with Gasteiger partial charge in [0.05, 0.1) is 0 Å². The molecule has 0 aromatic rings. The van der Waals surface area contributed by atoms with Gasteiger partial charge < -0.3 is 0 Å². The Morgan fingerprint density at radius 1 is 1.08 bits per heavy atom. The molecular formula is C11H14O. The lowest BCUT2D eigenvalue weighted by atomic mass is 9.54. The van der Waals surface area contributed by atoms with Crippen molar-refractivity contribution in [2.45, 2.75) is 25.7 Å². The lowest BCUT2D eigenvalue weighted by Crippen LogP contribution is -2.46. The molecular weight excluding hydrogens is 148 g/mol. The molecule has 0 aromatic carbocycles. The summed E-state index contributed by atoms with van der Waals surface area (Å²) in [6, 6.07) is 0. The fourth-order valence-electron chi connectivity index (χ4n) is 3.52. The molecule has 4 aliphatic rings.